The molecular formula is C66H40N2O2. The summed E-state index contributed by atoms with van der Waals surface area (Å²) in [6.45, 7) is 0. The number of hydrogen-bond donors (Lipinski definition) is 0. The van der Waals surface area contributed by atoms with Crippen LogP contribution in [0.1, 0.15) is 22.3 Å². The number of aromatic nitrogens is 2. The molecule has 4 heteroatoms. The molecule has 12 aromatic rings. The van der Waals surface area contributed by atoms with Gasteiger partial charge in [-0.25, -0.2) is 4.98 Å². The minimum atomic E-state index is -0.559. The summed E-state index contributed by atoms with van der Waals surface area (Å²) in [5.74, 6) is 2.91. The van der Waals surface area contributed by atoms with Crippen molar-refractivity contribution < 1.29 is 9.47 Å². The maximum absolute atomic E-state index is 6.62. The Morgan fingerprint density at radius 2 is 0.814 bits per heavy atom. The van der Waals surface area contributed by atoms with E-state index >= 15 is 0 Å². The van der Waals surface area contributed by atoms with Crippen LogP contribution in [0.15, 0.2) is 243 Å². The van der Waals surface area contributed by atoms with Crippen LogP contribution in [0.5, 0.6) is 23.0 Å². The molecule has 10 aromatic carbocycles. The summed E-state index contributed by atoms with van der Waals surface area (Å²) < 4.78 is 15.6. The third kappa shape index (κ3) is 5.62. The predicted molar refractivity (Wildman–Crippen MR) is 283 cm³/mol. The molecule has 326 valence electrons. The molecule has 4 nitrogen and oxygen atoms in total. The van der Waals surface area contributed by atoms with Crippen LogP contribution < -0.4 is 9.47 Å². The van der Waals surface area contributed by atoms with Gasteiger partial charge in [-0.05, 0) is 140 Å². The maximum Gasteiger partial charge on any atom is 0.170 e. The number of pyridine rings is 1. The molecule has 70 heavy (non-hydrogen) atoms. The summed E-state index contributed by atoms with van der Waals surface area (Å²) in [5, 5.41) is 2.42. The first-order valence-electron chi connectivity index (χ1n) is 23.9. The Hall–Kier alpha value is -9.25. The predicted octanol–water partition coefficient (Wildman–Crippen LogP) is 17.1. The Labute approximate surface area is 405 Å². The Kier molecular flexibility index (Phi) is 8.25. The zero-order valence-corrected chi connectivity index (χ0v) is 37.8. The second kappa shape index (κ2) is 14.9. The summed E-state index contributed by atoms with van der Waals surface area (Å²) in [5.41, 5.74) is 21.5. The van der Waals surface area contributed by atoms with Crippen molar-refractivity contribution in [2.24, 2.45) is 0 Å². The average molecular weight is 893 g/mol. The van der Waals surface area contributed by atoms with E-state index in [-0.39, 0.29) is 0 Å². The monoisotopic (exact) mass is 892 g/mol. The molecule has 15 rings (SSSR count). The summed E-state index contributed by atoms with van der Waals surface area (Å²) in [6, 6.07) is 87.3. The number of hydrogen-bond acceptors (Lipinski definition) is 3. The van der Waals surface area contributed by atoms with Gasteiger partial charge in [-0.2, -0.15) is 0 Å². The highest BCUT2D eigenvalue weighted by Gasteiger charge is 2.52. The molecule has 1 spiro atoms. The van der Waals surface area contributed by atoms with Gasteiger partial charge in [0.1, 0.15) is 0 Å². The van der Waals surface area contributed by atoms with Crippen LogP contribution in [0, 0.1) is 0 Å². The summed E-state index contributed by atoms with van der Waals surface area (Å²) in [7, 11) is 0. The Morgan fingerprint density at radius 3 is 1.53 bits per heavy atom. The lowest BCUT2D eigenvalue weighted by Crippen LogP contribution is -2.26. The molecule has 2 aromatic heterocycles. The van der Waals surface area contributed by atoms with Crippen molar-refractivity contribution in [1.29, 1.82) is 0 Å². The van der Waals surface area contributed by atoms with Crippen molar-refractivity contribution in [2.75, 3.05) is 0 Å². The molecule has 0 bridgehead atoms. The molecule has 0 unspecified atom stereocenters. The van der Waals surface area contributed by atoms with E-state index in [1.807, 2.05) is 30.3 Å². The van der Waals surface area contributed by atoms with Gasteiger partial charge in [0.25, 0.3) is 0 Å². The topological polar surface area (TPSA) is 36.3 Å². The van der Waals surface area contributed by atoms with Crippen LogP contribution in [0.4, 0.5) is 0 Å². The van der Waals surface area contributed by atoms with Crippen LogP contribution >= 0.6 is 0 Å². The number of para-hydroxylation sites is 3. The second-order valence-corrected chi connectivity index (χ2v) is 18.6. The third-order valence-corrected chi connectivity index (χ3v) is 14.9. The fourth-order valence-electron chi connectivity index (χ4n) is 11.8. The average Bonchev–Trinajstić information content (AvgIpc) is 4.03. The van der Waals surface area contributed by atoms with Gasteiger partial charge in [0.15, 0.2) is 23.0 Å². The highest BCUT2D eigenvalue weighted by Crippen LogP contribution is 2.65. The number of ether oxygens (including phenoxy) is 2. The third-order valence-electron chi connectivity index (χ3n) is 14.9. The normalized spacial score (nSPS) is 13.2. The van der Waals surface area contributed by atoms with Crippen molar-refractivity contribution in [3.8, 4) is 95.7 Å². The molecule has 0 saturated heterocycles. The Morgan fingerprint density at radius 1 is 0.300 bits per heavy atom. The molecule has 0 radical (unpaired) electrons. The largest absolute Gasteiger partial charge is 0.450 e. The first-order valence-corrected chi connectivity index (χ1v) is 23.9. The van der Waals surface area contributed by atoms with Gasteiger partial charge in [-0.3, -0.25) is 0 Å². The highest BCUT2D eigenvalue weighted by atomic mass is 16.6. The Bertz CT molecular complexity index is 4010. The summed E-state index contributed by atoms with van der Waals surface area (Å²) in [6.07, 6.45) is 0. The number of benzene rings is 10. The molecule has 0 saturated carbocycles. The van der Waals surface area contributed by atoms with Crippen LogP contribution in [0.2, 0.25) is 0 Å². The molecular weight excluding hydrogens is 853 g/mol. The Balaban J connectivity index is 0.860. The van der Waals surface area contributed by atoms with Crippen molar-refractivity contribution in [2.45, 2.75) is 5.41 Å². The smallest absolute Gasteiger partial charge is 0.170 e. The van der Waals surface area contributed by atoms with Crippen LogP contribution in [-0.4, -0.2) is 9.55 Å². The standard InChI is InChI=1S/C66H40N2O2/c1-3-15-41(16-4-1)46-37-58(42-17-5-2-6-18-42)67-59(38-46)43-27-31-47(32-28-43)68-60-24-12-9-21-51(60)53-35-44(30-34-61(53)68)45-29-33-50-52-39-64-65(70-63-26-14-13-25-62(63)69-64)40-57(52)66(56(50)36-45)54-22-10-7-19-48(54)49-20-8-11-23-55(49)66/h1-40H. The van der Waals surface area contributed by atoms with E-state index in [2.05, 4.69) is 217 Å². The number of rotatable bonds is 5. The van der Waals surface area contributed by atoms with Gasteiger partial charge in [0, 0.05) is 27.6 Å². The molecule has 2 aliphatic carbocycles. The van der Waals surface area contributed by atoms with E-state index in [1.165, 1.54) is 66.4 Å². The zero-order chi connectivity index (χ0) is 45.9. The lowest BCUT2D eigenvalue weighted by molar-refractivity contribution is 0.359. The maximum atomic E-state index is 6.62. The van der Waals surface area contributed by atoms with E-state index in [4.69, 9.17) is 14.5 Å². The molecule has 0 fully saturated rings. The summed E-state index contributed by atoms with van der Waals surface area (Å²) >= 11 is 0. The van der Waals surface area contributed by atoms with E-state index in [9.17, 15) is 0 Å². The zero-order valence-electron chi connectivity index (χ0n) is 37.8. The van der Waals surface area contributed by atoms with Crippen LogP contribution in [-0.2, 0) is 5.41 Å². The molecule has 0 N–H and O–H groups in total. The van der Waals surface area contributed by atoms with Crippen LogP contribution in [0.3, 0.4) is 0 Å². The lowest BCUT2D eigenvalue weighted by Gasteiger charge is -2.31. The highest BCUT2D eigenvalue weighted by molar-refractivity contribution is 6.10. The summed E-state index contributed by atoms with van der Waals surface area (Å²) in [4.78, 5) is 5.22. The first kappa shape index (κ1) is 38.8. The SMILES string of the molecule is c1ccc(-c2cc(-c3ccccc3)nc(-c3ccc(-n4c5ccccc5c5cc(-c6ccc7c(c6)C6(c8ccccc8-c8ccccc86)c6cc8c(cc6-7)Oc6ccccc6O8)ccc54)cc3)c2)cc1. The van der Waals surface area contributed by atoms with E-state index in [0.29, 0.717) is 0 Å². The van der Waals surface area contributed by atoms with Gasteiger partial charge in [0.05, 0.1) is 27.8 Å². The van der Waals surface area contributed by atoms with E-state index < -0.39 is 5.41 Å². The molecule has 3 aliphatic rings. The number of fused-ring (bicyclic) bond motifs is 15. The minimum absolute atomic E-state index is 0.559. The molecule has 0 atom stereocenters. The fourth-order valence-corrected chi connectivity index (χ4v) is 11.8. The van der Waals surface area contributed by atoms with Crippen molar-refractivity contribution in [1.82, 2.24) is 9.55 Å². The molecule has 1 aliphatic heterocycles. The van der Waals surface area contributed by atoms with Gasteiger partial charge in [0.2, 0.25) is 0 Å². The van der Waals surface area contributed by atoms with Gasteiger partial charge >= 0.3 is 0 Å². The second-order valence-electron chi connectivity index (χ2n) is 18.6. The van der Waals surface area contributed by atoms with E-state index in [1.54, 1.807) is 0 Å². The van der Waals surface area contributed by atoms with Crippen molar-refractivity contribution in [3.63, 3.8) is 0 Å². The van der Waals surface area contributed by atoms with E-state index in [0.717, 1.165) is 73.4 Å². The van der Waals surface area contributed by atoms with Gasteiger partial charge in [-0.1, -0.05) is 170 Å². The van der Waals surface area contributed by atoms with Crippen molar-refractivity contribution in [3.05, 3.63) is 265 Å². The molecule has 0 amide bonds. The lowest BCUT2D eigenvalue weighted by atomic mass is 9.70. The molecule has 3 heterocycles. The quantitative estimate of drug-likeness (QED) is 0.173. The van der Waals surface area contributed by atoms with Gasteiger partial charge in [-0.15, -0.1) is 0 Å². The van der Waals surface area contributed by atoms with Crippen LogP contribution in [0.25, 0.3) is 94.5 Å². The fraction of sp³-hybridized carbons (Fsp3) is 0.0152. The minimum Gasteiger partial charge on any atom is -0.450 e. The van der Waals surface area contributed by atoms with Gasteiger partial charge < -0.3 is 14.0 Å². The number of nitrogens with zero attached hydrogens (tertiary/aromatic N) is 2. The first-order chi connectivity index (χ1) is 34.7. The van der Waals surface area contributed by atoms with Crippen molar-refractivity contribution >= 4 is 21.8 Å².